The molecule has 1 atom stereocenters. The van der Waals surface area contributed by atoms with E-state index < -0.39 is 0 Å². The van der Waals surface area contributed by atoms with Gasteiger partial charge in [-0.2, -0.15) is 0 Å². The summed E-state index contributed by atoms with van der Waals surface area (Å²) in [6.07, 6.45) is 0. The number of rotatable bonds is 5. The van der Waals surface area contributed by atoms with Gasteiger partial charge >= 0.3 is 0 Å². The van der Waals surface area contributed by atoms with Gasteiger partial charge in [0.05, 0.1) is 0 Å². The van der Waals surface area contributed by atoms with Gasteiger partial charge in [0.25, 0.3) is 0 Å². The number of nitrogens with zero attached hydrogens (tertiary/aromatic N) is 1. The number of hydrogen-bond donors (Lipinski definition) is 1. The van der Waals surface area contributed by atoms with Crippen LogP contribution in [0.3, 0.4) is 0 Å². The molecule has 0 aliphatic carbocycles. The third-order valence-corrected chi connectivity index (χ3v) is 3.47. The van der Waals surface area contributed by atoms with Gasteiger partial charge in [0.1, 0.15) is 13.2 Å². The zero-order valence-corrected chi connectivity index (χ0v) is 12.1. The third kappa shape index (κ3) is 3.61. The van der Waals surface area contributed by atoms with Crippen molar-refractivity contribution >= 4 is 0 Å². The van der Waals surface area contributed by atoms with Crippen LogP contribution < -0.4 is 15.2 Å². The molecule has 0 bridgehead atoms. The molecule has 2 N–H and O–H groups in total. The molecule has 2 rings (SSSR count). The van der Waals surface area contributed by atoms with Gasteiger partial charge in [-0.3, -0.25) is 0 Å². The van der Waals surface area contributed by atoms with Crippen LogP contribution in [0, 0.1) is 12.8 Å². The Morgan fingerprint density at radius 1 is 1.26 bits per heavy atom. The first-order valence-corrected chi connectivity index (χ1v) is 6.88. The minimum absolute atomic E-state index is 0.516. The Hall–Kier alpha value is -1.26. The summed E-state index contributed by atoms with van der Waals surface area (Å²) >= 11 is 0. The van der Waals surface area contributed by atoms with Gasteiger partial charge in [0.15, 0.2) is 11.5 Å². The van der Waals surface area contributed by atoms with Crippen LogP contribution >= 0.6 is 0 Å². The van der Waals surface area contributed by atoms with Gasteiger partial charge in [-0.1, -0.05) is 6.92 Å². The lowest BCUT2D eigenvalue weighted by atomic mass is 10.1. The van der Waals surface area contributed by atoms with E-state index in [2.05, 4.69) is 37.9 Å². The van der Waals surface area contributed by atoms with Crippen LogP contribution in [0.5, 0.6) is 11.5 Å². The molecule has 106 valence electrons. The molecule has 1 aromatic rings. The highest BCUT2D eigenvalue weighted by molar-refractivity contribution is 5.47. The summed E-state index contributed by atoms with van der Waals surface area (Å²) in [6.45, 7) is 8.21. The Bertz CT molecular complexity index is 434. The average Bonchev–Trinajstić information content (AvgIpc) is 2.39. The van der Waals surface area contributed by atoms with Crippen molar-refractivity contribution in [2.24, 2.45) is 11.7 Å². The summed E-state index contributed by atoms with van der Waals surface area (Å²) in [5.41, 5.74) is 8.21. The van der Waals surface area contributed by atoms with E-state index in [-0.39, 0.29) is 0 Å². The highest BCUT2D eigenvalue weighted by Gasteiger charge is 2.15. The number of aryl methyl sites for hydroxylation is 1. The van der Waals surface area contributed by atoms with Crippen molar-refractivity contribution in [1.82, 2.24) is 4.90 Å². The van der Waals surface area contributed by atoms with Crippen molar-refractivity contribution in [2.75, 3.05) is 33.4 Å². The monoisotopic (exact) mass is 264 g/mol. The number of hydrogen-bond acceptors (Lipinski definition) is 4. The molecule has 1 unspecified atom stereocenters. The smallest absolute Gasteiger partial charge is 0.161 e. The maximum atomic E-state index is 5.67. The zero-order valence-electron chi connectivity index (χ0n) is 12.1. The molecule has 0 spiro atoms. The molecule has 1 aromatic carbocycles. The van der Waals surface area contributed by atoms with Crippen LogP contribution in [0.2, 0.25) is 0 Å². The van der Waals surface area contributed by atoms with Crippen molar-refractivity contribution in [2.45, 2.75) is 20.4 Å². The molecule has 1 aliphatic rings. The van der Waals surface area contributed by atoms with Gasteiger partial charge < -0.3 is 20.1 Å². The fourth-order valence-electron chi connectivity index (χ4n) is 2.36. The Balaban J connectivity index is 2.07. The molecule has 1 heterocycles. The third-order valence-electron chi connectivity index (χ3n) is 3.47. The first kappa shape index (κ1) is 14.2. The largest absolute Gasteiger partial charge is 0.486 e. The number of nitrogens with two attached hydrogens (primary N) is 1. The second-order valence-corrected chi connectivity index (χ2v) is 5.46. The Labute approximate surface area is 115 Å². The molecule has 1 aliphatic heterocycles. The second-order valence-electron chi connectivity index (χ2n) is 5.46. The standard InChI is InChI=1S/C15H24N2O2/c1-11(8-16)9-17(3)10-13-7-15-14(6-12(13)2)18-4-5-19-15/h6-7,11H,4-5,8-10,16H2,1-3H3. The van der Waals surface area contributed by atoms with E-state index in [9.17, 15) is 0 Å². The van der Waals surface area contributed by atoms with Crippen LogP contribution in [-0.4, -0.2) is 38.3 Å². The fourth-order valence-corrected chi connectivity index (χ4v) is 2.36. The molecular formula is C15H24N2O2. The number of fused-ring (bicyclic) bond motifs is 1. The highest BCUT2D eigenvalue weighted by atomic mass is 16.6. The van der Waals surface area contributed by atoms with Gasteiger partial charge in [-0.25, -0.2) is 0 Å². The highest BCUT2D eigenvalue weighted by Crippen LogP contribution is 2.33. The molecule has 0 amide bonds. The normalized spacial score (nSPS) is 15.6. The van der Waals surface area contributed by atoms with E-state index in [0.717, 1.165) is 31.1 Å². The van der Waals surface area contributed by atoms with Gasteiger partial charge in [0, 0.05) is 13.1 Å². The van der Waals surface area contributed by atoms with E-state index in [4.69, 9.17) is 15.2 Å². The molecule has 4 heteroatoms. The van der Waals surface area contributed by atoms with Crippen LogP contribution in [0.1, 0.15) is 18.1 Å². The first-order valence-electron chi connectivity index (χ1n) is 6.88. The lowest BCUT2D eigenvalue weighted by molar-refractivity contribution is 0.171. The zero-order chi connectivity index (χ0) is 13.8. The molecule has 4 nitrogen and oxygen atoms in total. The summed E-state index contributed by atoms with van der Waals surface area (Å²) < 4.78 is 11.2. The van der Waals surface area contributed by atoms with E-state index in [1.165, 1.54) is 11.1 Å². The SMILES string of the molecule is Cc1cc2c(cc1CN(C)CC(C)CN)OCCO2. The van der Waals surface area contributed by atoms with Crippen LogP contribution in [-0.2, 0) is 6.54 Å². The average molecular weight is 264 g/mol. The minimum atomic E-state index is 0.516. The summed E-state index contributed by atoms with van der Waals surface area (Å²) in [4.78, 5) is 2.30. The van der Waals surface area contributed by atoms with Crippen molar-refractivity contribution in [3.63, 3.8) is 0 Å². The number of ether oxygens (including phenoxy) is 2. The molecule has 0 saturated heterocycles. The lowest BCUT2D eigenvalue weighted by Crippen LogP contribution is -2.28. The van der Waals surface area contributed by atoms with E-state index >= 15 is 0 Å². The molecule has 0 aromatic heterocycles. The predicted molar refractivity (Wildman–Crippen MR) is 76.7 cm³/mol. The molecular weight excluding hydrogens is 240 g/mol. The summed E-state index contributed by atoms with van der Waals surface area (Å²) in [7, 11) is 2.13. The van der Waals surface area contributed by atoms with Crippen LogP contribution in [0.15, 0.2) is 12.1 Å². The van der Waals surface area contributed by atoms with Gasteiger partial charge in [-0.15, -0.1) is 0 Å². The van der Waals surface area contributed by atoms with E-state index in [0.29, 0.717) is 19.1 Å². The predicted octanol–water partition coefficient (Wildman–Crippen LogP) is 1.79. The fraction of sp³-hybridized carbons (Fsp3) is 0.600. The van der Waals surface area contributed by atoms with Crippen molar-refractivity contribution in [3.8, 4) is 11.5 Å². The topological polar surface area (TPSA) is 47.7 Å². The van der Waals surface area contributed by atoms with E-state index in [1.54, 1.807) is 0 Å². The molecule has 19 heavy (non-hydrogen) atoms. The lowest BCUT2D eigenvalue weighted by Gasteiger charge is -2.24. The number of benzene rings is 1. The first-order chi connectivity index (χ1) is 9.10. The van der Waals surface area contributed by atoms with Gasteiger partial charge in [0.2, 0.25) is 0 Å². The summed E-state index contributed by atoms with van der Waals surface area (Å²) in [5, 5.41) is 0. The second kappa shape index (κ2) is 6.26. The van der Waals surface area contributed by atoms with Crippen LogP contribution in [0.4, 0.5) is 0 Å². The van der Waals surface area contributed by atoms with Crippen molar-refractivity contribution in [1.29, 1.82) is 0 Å². The molecule has 0 fully saturated rings. The molecule has 0 saturated carbocycles. The summed E-state index contributed by atoms with van der Waals surface area (Å²) in [6, 6.07) is 4.18. The maximum Gasteiger partial charge on any atom is 0.161 e. The molecule has 0 radical (unpaired) electrons. The van der Waals surface area contributed by atoms with Crippen molar-refractivity contribution < 1.29 is 9.47 Å². The van der Waals surface area contributed by atoms with Crippen LogP contribution in [0.25, 0.3) is 0 Å². The Kier molecular flexibility index (Phi) is 4.66. The maximum absolute atomic E-state index is 5.67. The van der Waals surface area contributed by atoms with Crippen molar-refractivity contribution in [3.05, 3.63) is 23.3 Å². The van der Waals surface area contributed by atoms with Gasteiger partial charge in [-0.05, 0) is 49.7 Å². The quantitative estimate of drug-likeness (QED) is 0.881. The minimum Gasteiger partial charge on any atom is -0.486 e. The van der Waals surface area contributed by atoms with E-state index in [1.807, 2.05) is 0 Å². The Morgan fingerprint density at radius 3 is 2.53 bits per heavy atom. The Morgan fingerprint density at radius 2 is 1.89 bits per heavy atom. The summed E-state index contributed by atoms with van der Waals surface area (Å²) in [5.74, 6) is 2.25.